The van der Waals surface area contributed by atoms with E-state index >= 15 is 0 Å². The Hall–Kier alpha value is -0.320. The number of rotatable bonds is 3. The van der Waals surface area contributed by atoms with Crippen molar-refractivity contribution in [2.24, 2.45) is 5.92 Å². The minimum absolute atomic E-state index is 0. The Labute approximate surface area is 104 Å². The fraction of sp³-hybridized carbons (Fsp3) is 0.909. The van der Waals surface area contributed by atoms with Crippen LogP contribution in [-0.2, 0) is 9.53 Å². The molecule has 0 aromatic heterocycles. The van der Waals surface area contributed by atoms with Crippen molar-refractivity contribution in [3.05, 3.63) is 0 Å². The Morgan fingerprint density at radius 2 is 2.31 bits per heavy atom. The topological polar surface area (TPSA) is 41.6 Å². The zero-order valence-corrected chi connectivity index (χ0v) is 11.2. The van der Waals surface area contributed by atoms with Crippen LogP contribution in [0.1, 0.15) is 20.3 Å². The number of hydrogen-bond donors (Lipinski definition) is 1. The van der Waals surface area contributed by atoms with Gasteiger partial charge >= 0.3 is 0 Å². The number of halogens is 1. The van der Waals surface area contributed by atoms with Gasteiger partial charge in [-0.3, -0.25) is 4.79 Å². The standard InChI is InChI=1S/C11H22N2O2.ClH/c1-9(7-12-3)11(14)13-5-4-6-15-10(2)8-13;/h9-10,12H,4-8H2,1-3H3;1H. The van der Waals surface area contributed by atoms with Gasteiger partial charge in [0.1, 0.15) is 0 Å². The van der Waals surface area contributed by atoms with Crippen LogP contribution in [0.3, 0.4) is 0 Å². The Kier molecular flexibility index (Phi) is 7.72. The first-order valence-electron chi connectivity index (χ1n) is 5.70. The predicted molar refractivity (Wildman–Crippen MR) is 66.9 cm³/mol. The van der Waals surface area contributed by atoms with Gasteiger partial charge in [-0.05, 0) is 20.4 Å². The summed E-state index contributed by atoms with van der Waals surface area (Å²) in [5.74, 6) is 0.294. The monoisotopic (exact) mass is 250 g/mol. The van der Waals surface area contributed by atoms with Crippen LogP contribution in [0, 0.1) is 5.92 Å². The molecule has 1 fully saturated rings. The van der Waals surface area contributed by atoms with Crippen molar-refractivity contribution < 1.29 is 9.53 Å². The van der Waals surface area contributed by atoms with E-state index in [9.17, 15) is 4.79 Å². The molecular formula is C11H23ClN2O2. The number of ether oxygens (including phenoxy) is 1. The maximum Gasteiger partial charge on any atom is 0.226 e. The molecule has 0 bridgehead atoms. The Morgan fingerprint density at radius 1 is 1.62 bits per heavy atom. The van der Waals surface area contributed by atoms with Crippen molar-refractivity contribution in [3.8, 4) is 0 Å². The molecule has 1 rings (SSSR count). The third-order valence-corrected chi connectivity index (χ3v) is 2.70. The minimum Gasteiger partial charge on any atom is -0.377 e. The zero-order chi connectivity index (χ0) is 11.3. The highest BCUT2D eigenvalue weighted by molar-refractivity contribution is 5.85. The lowest BCUT2D eigenvalue weighted by atomic mass is 10.1. The minimum atomic E-state index is 0. The molecule has 0 aromatic rings. The lowest BCUT2D eigenvalue weighted by Gasteiger charge is -2.25. The summed E-state index contributed by atoms with van der Waals surface area (Å²) in [5, 5.41) is 3.04. The average molecular weight is 251 g/mol. The molecule has 0 spiro atoms. The SMILES string of the molecule is CNCC(C)C(=O)N1CCCOC(C)C1.Cl. The van der Waals surface area contributed by atoms with Crippen LogP contribution >= 0.6 is 12.4 Å². The summed E-state index contributed by atoms with van der Waals surface area (Å²) in [5.41, 5.74) is 0. The summed E-state index contributed by atoms with van der Waals surface area (Å²) in [6.07, 6.45) is 1.11. The number of amides is 1. The van der Waals surface area contributed by atoms with Gasteiger partial charge in [0.25, 0.3) is 0 Å². The number of carbonyl (C=O) groups is 1. The largest absolute Gasteiger partial charge is 0.377 e. The van der Waals surface area contributed by atoms with E-state index in [1.54, 1.807) is 0 Å². The molecule has 0 saturated carbocycles. The summed E-state index contributed by atoms with van der Waals surface area (Å²) in [7, 11) is 1.87. The van der Waals surface area contributed by atoms with E-state index < -0.39 is 0 Å². The van der Waals surface area contributed by atoms with E-state index in [1.807, 2.05) is 25.8 Å². The fourth-order valence-electron chi connectivity index (χ4n) is 1.90. The first-order chi connectivity index (χ1) is 7.15. The van der Waals surface area contributed by atoms with Gasteiger partial charge in [0.2, 0.25) is 5.91 Å². The molecule has 96 valence electrons. The summed E-state index contributed by atoms with van der Waals surface area (Å²) in [6.45, 7) is 7.06. The van der Waals surface area contributed by atoms with Crippen LogP contribution in [0.15, 0.2) is 0 Å². The molecule has 1 saturated heterocycles. The molecule has 0 aromatic carbocycles. The smallest absolute Gasteiger partial charge is 0.226 e. The number of nitrogens with one attached hydrogen (secondary N) is 1. The molecule has 16 heavy (non-hydrogen) atoms. The predicted octanol–water partition coefficient (Wildman–Crippen LogP) is 0.901. The van der Waals surface area contributed by atoms with E-state index in [4.69, 9.17) is 4.74 Å². The molecule has 1 N–H and O–H groups in total. The fourth-order valence-corrected chi connectivity index (χ4v) is 1.90. The molecule has 1 heterocycles. The average Bonchev–Trinajstić information content (AvgIpc) is 2.42. The number of nitrogens with zero attached hydrogens (tertiary/aromatic N) is 1. The highest BCUT2D eigenvalue weighted by atomic mass is 35.5. The van der Waals surface area contributed by atoms with Gasteiger partial charge in [-0.25, -0.2) is 0 Å². The second-order valence-corrected chi connectivity index (χ2v) is 4.28. The van der Waals surface area contributed by atoms with Gasteiger partial charge in [-0.2, -0.15) is 0 Å². The Balaban J connectivity index is 0.00000225. The maximum absolute atomic E-state index is 12.0. The van der Waals surface area contributed by atoms with Gasteiger partial charge in [0, 0.05) is 32.2 Å². The second kappa shape index (κ2) is 7.87. The molecule has 2 unspecified atom stereocenters. The van der Waals surface area contributed by atoms with Crippen LogP contribution < -0.4 is 5.32 Å². The van der Waals surface area contributed by atoms with E-state index in [2.05, 4.69) is 5.32 Å². The molecule has 1 aliphatic rings. The maximum atomic E-state index is 12.0. The van der Waals surface area contributed by atoms with Gasteiger partial charge in [-0.15, -0.1) is 12.4 Å². The van der Waals surface area contributed by atoms with Crippen molar-refractivity contribution >= 4 is 18.3 Å². The van der Waals surface area contributed by atoms with Crippen LogP contribution in [0.5, 0.6) is 0 Å². The third-order valence-electron chi connectivity index (χ3n) is 2.70. The van der Waals surface area contributed by atoms with Crippen molar-refractivity contribution in [2.75, 3.05) is 33.3 Å². The van der Waals surface area contributed by atoms with Crippen molar-refractivity contribution in [3.63, 3.8) is 0 Å². The second-order valence-electron chi connectivity index (χ2n) is 4.28. The van der Waals surface area contributed by atoms with Crippen LogP contribution in [0.2, 0.25) is 0 Å². The molecular weight excluding hydrogens is 228 g/mol. The summed E-state index contributed by atoms with van der Waals surface area (Å²) < 4.78 is 5.51. The van der Waals surface area contributed by atoms with Gasteiger partial charge in [0.15, 0.2) is 0 Å². The summed E-state index contributed by atoms with van der Waals surface area (Å²) in [4.78, 5) is 13.9. The van der Waals surface area contributed by atoms with Gasteiger partial charge in [-0.1, -0.05) is 6.92 Å². The molecule has 4 nitrogen and oxygen atoms in total. The molecule has 1 amide bonds. The highest BCUT2D eigenvalue weighted by Gasteiger charge is 2.23. The van der Waals surface area contributed by atoms with Crippen molar-refractivity contribution in [1.82, 2.24) is 10.2 Å². The molecule has 5 heteroatoms. The molecule has 0 aliphatic carbocycles. The summed E-state index contributed by atoms with van der Waals surface area (Å²) in [6, 6.07) is 0. The molecule has 0 radical (unpaired) electrons. The van der Waals surface area contributed by atoms with Crippen molar-refractivity contribution in [1.29, 1.82) is 0 Å². The summed E-state index contributed by atoms with van der Waals surface area (Å²) >= 11 is 0. The van der Waals surface area contributed by atoms with E-state index in [-0.39, 0.29) is 30.3 Å². The van der Waals surface area contributed by atoms with Gasteiger partial charge < -0.3 is 15.0 Å². The normalized spacial score (nSPS) is 23.2. The lowest BCUT2D eigenvalue weighted by molar-refractivity contribution is -0.135. The molecule has 1 aliphatic heterocycles. The van der Waals surface area contributed by atoms with E-state index in [0.29, 0.717) is 0 Å². The van der Waals surface area contributed by atoms with Crippen LogP contribution in [-0.4, -0.2) is 50.2 Å². The molecule has 2 atom stereocenters. The zero-order valence-electron chi connectivity index (χ0n) is 10.4. The number of carbonyl (C=O) groups excluding carboxylic acids is 1. The Bertz CT molecular complexity index is 214. The third kappa shape index (κ3) is 4.68. The first kappa shape index (κ1) is 15.7. The quantitative estimate of drug-likeness (QED) is 0.809. The number of hydrogen-bond acceptors (Lipinski definition) is 3. The highest BCUT2D eigenvalue weighted by Crippen LogP contribution is 2.09. The van der Waals surface area contributed by atoms with Crippen LogP contribution in [0.25, 0.3) is 0 Å². The first-order valence-corrected chi connectivity index (χ1v) is 5.70. The van der Waals surface area contributed by atoms with Gasteiger partial charge in [0.05, 0.1) is 6.10 Å². The Morgan fingerprint density at radius 3 is 2.94 bits per heavy atom. The van der Waals surface area contributed by atoms with E-state index in [1.165, 1.54) is 0 Å². The van der Waals surface area contributed by atoms with Crippen molar-refractivity contribution in [2.45, 2.75) is 26.4 Å². The van der Waals surface area contributed by atoms with E-state index in [0.717, 1.165) is 32.7 Å². The van der Waals surface area contributed by atoms with Crippen LogP contribution in [0.4, 0.5) is 0 Å². The lowest BCUT2D eigenvalue weighted by Crippen LogP contribution is -2.41.